The van der Waals surface area contributed by atoms with Gasteiger partial charge < -0.3 is 10.4 Å². The van der Waals surface area contributed by atoms with Crippen LogP contribution in [0.4, 0.5) is 5.69 Å². The first-order valence-electron chi connectivity index (χ1n) is 8.50. The van der Waals surface area contributed by atoms with Crippen LogP contribution in [0, 0.1) is 5.41 Å². The molecule has 1 aliphatic rings. The van der Waals surface area contributed by atoms with Gasteiger partial charge in [0.05, 0.1) is 16.9 Å². The van der Waals surface area contributed by atoms with E-state index < -0.39 is 5.97 Å². The number of rotatable bonds is 5. The molecule has 3 rings (SSSR count). The van der Waals surface area contributed by atoms with Crippen molar-refractivity contribution in [1.82, 2.24) is 4.98 Å². The van der Waals surface area contributed by atoms with Gasteiger partial charge >= 0.3 is 5.97 Å². The molecule has 1 aliphatic carbocycles. The van der Waals surface area contributed by atoms with E-state index in [4.69, 9.17) is 11.6 Å². The van der Waals surface area contributed by atoms with Crippen LogP contribution in [0.5, 0.6) is 0 Å². The lowest BCUT2D eigenvalue weighted by molar-refractivity contribution is -0.117. The maximum Gasteiger partial charge on any atom is 0.337 e. The van der Waals surface area contributed by atoms with Crippen molar-refractivity contribution < 1.29 is 14.7 Å². The Hall–Kier alpha value is -2.92. The number of carbonyl (C=O) groups excluding carboxylic acids is 1. The number of nitrogens with zero attached hydrogens (tertiary/aromatic N) is 1. The van der Waals surface area contributed by atoms with Crippen molar-refractivity contribution in [3.05, 3.63) is 77.1 Å². The van der Waals surface area contributed by atoms with Crippen molar-refractivity contribution in [2.75, 3.05) is 5.32 Å². The van der Waals surface area contributed by atoms with Crippen molar-refractivity contribution in [1.29, 1.82) is 0 Å². The maximum atomic E-state index is 12.5. The van der Waals surface area contributed by atoms with Gasteiger partial charge in [-0.05, 0) is 47.7 Å². The zero-order chi connectivity index (χ0) is 19.4. The Morgan fingerprint density at radius 2 is 2.11 bits per heavy atom. The molecule has 0 fully saturated rings. The summed E-state index contributed by atoms with van der Waals surface area (Å²) in [4.78, 5) is 28.2. The van der Waals surface area contributed by atoms with Crippen molar-refractivity contribution in [2.24, 2.45) is 5.41 Å². The van der Waals surface area contributed by atoms with Gasteiger partial charge in [-0.3, -0.25) is 9.78 Å². The summed E-state index contributed by atoms with van der Waals surface area (Å²) in [5.74, 6) is -1.38. The molecule has 138 valence electrons. The zero-order valence-electron chi connectivity index (χ0n) is 14.8. The lowest BCUT2D eigenvalue weighted by Gasteiger charge is -2.27. The SMILES string of the molecule is CC1(CC(=O)Nc2cc(Cl)ccc2C(=O)O)C=CC(c2ccccn2)=CC1. The standard InChI is InChI=1S/C21H19ClN2O3/c1-21(9-7-14(8-10-21)17-4-2-3-11-23-17)13-19(25)24-18-12-15(22)5-6-16(18)20(26)27/h2-9,11-12H,10,13H2,1H3,(H,24,25)(H,26,27). The second kappa shape index (κ2) is 7.76. The molecule has 0 saturated heterocycles. The summed E-state index contributed by atoms with van der Waals surface area (Å²) in [6.45, 7) is 1.99. The van der Waals surface area contributed by atoms with E-state index in [1.165, 1.54) is 18.2 Å². The number of aromatic carboxylic acids is 1. The highest BCUT2D eigenvalue weighted by atomic mass is 35.5. The molecule has 0 saturated carbocycles. The molecule has 0 aliphatic heterocycles. The van der Waals surface area contributed by atoms with E-state index in [0.29, 0.717) is 11.4 Å². The quantitative estimate of drug-likeness (QED) is 0.777. The van der Waals surface area contributed by atoms with Crippen LogP contribution in [0.2, 0.25) is 5.02 Å². The average molecular weight is 383 g/mol. The monoisotopic (exact) mass is 382 g/mol. The predicted molar refractivity (Wildman–Crippen MR) is 106 cm³/mol. The van der Waals surface area contributed by atoms with Crippen LogP contribution >= 0.6 is 11.6 Å². The number of carbonyl (C=O) groups is 2. The first-order valence-corrected chi connectivity index (χ1v) is 8.88. The lowest BCUT2D eigenvalue weighted by atomic mass is 9.78. The fourth-order valence-corrected chi connectivity index (χ4v) is 3.16. The molecule has 1 amide bonds. The number of benzene rings is 1. The maximum absolute atomic E-state index is 12.5. The minimum atomic E-state index is -1.12. The van der Waals surface area contributed by atoms with Crippen molar-refractivity contribution in [3.63, 3.8) is 0 Å². The van der Waals surface area contributed by atoms with Crippen LogP contribution in [0.3, 0.4) is 0 Å². The predicted octanol–water partition coefficient (Wildman–Crippen LogP) is 4.81. The van der Waals surface area contributed by atoms with E-state index in [-0.39, 0.29) is 29.0 Å². The molecular weight excluding hydrogens is 364 g/mol. The van der Waals surface area contributed by atoms with Crippen molar-refractivity contribution >= 4 is 34.7 Å². The van der Waals surface area contributed by atoms with Gasteiger partial charge in [-0.25, -0.2) is 4.79 Å². The Kier molecular flexibility index (Phi) is 5.42. The summed E-state index contributed by atoms with van der Waals surface area (Å²) in [5, 5.41) is 12.3. The number of halogens is 1. The highest BCUT2D eigenvalue weighted by Gasteiger charge is 2.27. The number of aromatic nitrogens is 1. The fourth-order valence-electron chi connectivity index (χ4n) is 2.99. The van der Waals surface area contributed by atoms with Gasteiger partial charge in [-0.2, -0.15) is 0 Å². The van der Waals surface area contributed by atoms with Crippen LogP contribution in [-0.4, -0.2) is 22.0 Å². The molecule has 0 spiro atoms. The van der Waals surface area contributed by atoms with E-state index in [1.807, 2.05) is 37.3 Å². The number of hydrogen-bond donors (Lipinski definition) is 2. The Bertz CT molecular complexity index is 938. The number of amides is 1. The zero-order valence-corrected chi connectivity index (χ0v) is 15.5. The normalized spacial score (nSPS) is 18.7. The molecule has 6 heteroatoms. The minimum absolute atomic E-state index is 0.00873. The van der Waals surface area contributed by atoms with Crippen LogP contribution in [0.1, 0.15) is 35.8 Å². The van der Waals surface area contributed by atoms with E-state index in [0.717, 1.165) is 11.3 Å². The van der Waals surface area contributed by atoms with Gasteiger partial charge in [0.15, 0.2) is 0 Å². The highest BCUT2D eigenvalue weighted by molar-refractivity contribution is 6.31. The second-order valence-corrected chi connectivity index (χ2v) is 7.22. The third kappa shape index (κ3) is 4.63. The first kappa shape index (κ1) is 18.9. The molecule has 27 heavy (non-hydrogen) atoms. The molecule has 1 unspecified atom stereocenters. The highest BCUT2D eigenvalue weighted by Crippen LogP contribution is 2.35. The fraction of sp³-hybridized carbons (Fsp3) is 0.190. The number of pyridine rings is 1. The van der Waals surface area contributed by atoms with Crippen molar-refractivity contribution in [3.8, 4) is 0 Å². The second-order valence-electron chi connectivity index (χ2n) is 6.79. The van der Waals surface area contributed by atoms with Gasteiger partial charge in [0.2, 0.25) is 5.91 Å². The lowest BCUT2D eigenvalue weighted by Crippen LogP contribution is -2.24. The smallest absolute Gasteiger partial charge is 0.337 e. The molecule has 2 N–H and O–H groups in total. The largest absolute Gasteiger partial charge is 0.478 e. The van der Waals surface area contributed by atoms with Gasteiger partial charge in [0, 0.05) is 17.6 Å². The van der Waals surface area contributed by atoms with E-state index in [9.17, 15) is 14.7 Å². The number of hydrogen-bond acceptors (Lipinski definition) is 3. The van der Waals surface area contributed by atoms with Crippen LogP contribution in [0.15, 0.2) is 60.8 Å². The van der Waals surface area contributed by atoms with Crippen molar-refractivity contribution in [2.45, 2.75) is 19.8 Å². The Labute approximate surface area is 162 Å². The first-order chi connectivity index (χ1) is 12.9. The van der Waals surface area contributed by atoms with Gasteiger partial charge in [0.1, 0.15) is 0 Å². The van der Waals surface area contributed by atoms with Gasteiger partial charge in [-0.15, -0.1) is 0 Å². The summed E-state index contributed by atoms with van der Waals surface area (Å²) in [6.07, 6.45) is 8.70. The molecule has 5 nitrogen and oxygen atoms in total. The van der Waals surface area contributed by atoms with Crippen LogP contribution < -0.4 is 5.32 Å². The summed E-state index contributed by atoms with van der Waals surface area (Å²) in [5.41, 5.74) is 1.77. The molecule has 1 aromatic carbocycles. The molecule has 1 aromatic heterocycles. The number of carboxylic acid groups (broad SMARTS) is 1. The third-order valence-electron chi connectivity index (χ3n) is 4.46. The summed E-state index contributed by atoms with van der Waals surface area (Å²) in [6, 6.07) is 10.1. The van der Waals surface area contributed by atoms with E-state index in [1.54, 1.807) is 6.20 Å². The molecular formula is C21H19ClN2O3. The number of carboxylic acids is 1. The molecule has 1 heterocycles. The topological polar surface area (TPSA) is 79.3 Å². The van der Waals surface area contributed by atoms with E-state index >= 15 is 0 Å². The molecule has 0 bridgehead atoms. The Balaban J connectivity index is 1.69. The van der Waals surface area contributed by atoms with Crippen LogP contribution in [0.25, 0.3) is 5.57 Å². The number of anilines is 1. The summed E-state index contributed by atoms with van der Waals surface area (Å²) in [7, 11) is 0. The number of allylic oxidation sites excluding steroid dienone is 4. The van der Waals surface area contributed by atoms with Gasteiger partial charge in [0.25, 0.3) is 0 Å². The minimum Gasteiger partial charge on any atom is -0.478 e. The average Bonchev–Trinajstić information content (AvgIpc) is 2.62. The Morgan fingerprint density at radius 1 is 1.30 bits per heavy atom. The van der Waals surface area contributed by atoms with Crippen LogP contribution in [-0.2, 0) is 4.79 Å². The number of nitrogens with one attached hydrogen (secondary N) is 1. The molecule has 0 radical (unpaired) electrons. The summed E-state index contributed by atoms with van der Waals surface area (Å²) < 4.78 is 0. The van der Waals surface area contributed by atoms with Gasteiger partial charge in [-0.1, -0.05) is 42.8 Å². The third-order valence-corrected chi connectivity index (χ3v) is 4.70. The molecule has 1 atom stereocenters. The summed E-state index contributed by atoms with van der Waals surface area (Å²) >= 11 is 5.93. The molecule has 2 aromatic rings. The Morgan fingerprint density at radius 3 is 2.74 bits per heavy atom. The van der Waals surface area contributed by atoms with E-state index in [2.05, 4.69) is 16.4 Å².